The van der Waals surface area contributed by atoms with E-state index in [-0.39, 0.29) is 5.91 Å². The molecule has 4 nitrogen and oxygen atoms in total. The molecule has 2 fully saturated rings. The number of carbonyl (C=O) groups is 1. The minimum atomic E-state index is -0.0408. The highest BCUT2D eigenvalue weighted by Gasteiger charge is 2.40. The number of carbonyl (C=O) groups excluding carboxylic acids is 1. The summed E-state index contributed by atoms with van der Waals surface area (Å²) in [7, 11) is 0. The predicted molar refractivity (Wildman–Crippen MR) is 121 cm³/mol. The van der Waals surface area contributed by atoms with Gasteiger partial charge in [0.25, 0.3) is 0 Å². The second kappa shape index (κ2) is 8.37. The van der Waals surface area contributed by atoms with Gasteiger partial charge in [-0.1, -0.05) is 43.6 Å². The van der Waals surface area contributed by atoms with Crippen LogP contribution in [0, 0.1) is 18.3 Å². The highest BCUT2D eigenvalue weighted by Crippen LogP contribution is 2.52. The van der Waals surface area contributed by atoms with Crippen molar-refractivity contribution in [2.75, 3.05) is 5.32 Å². The molecule has 0 bridgehead atoms. The van der Waals surface area contributed by atoms with Gasteiger partial charge in [-0.3, -0.25) is 4.79 Å². The Morgan fingerprint density at radius 1 is 1.23 bits per heavy atom. The van der Waals surface area contributed by atoms with Crippen LogP contribution in [0.1, 0.15) is 93.7 Å². The van der Waals surface area contributed by atoms with Crippen LogP contribution in [0.3, 0.4) is 0 Å². The standard InChI is InChI=1S/C25H33ClN2O2/c1-15-5-8-20(19(26)11-15)27-22(29)10-9-21-23(17-6-7-17)24(30-28-21)18-12-16(13-18)14-25(2,3)4/h5,8,11,16-18H,6-7,9-10,12-14H2,1-4H3,(H,27,29). The summed E-state index contributed by atoms with van der Waals surface area (Å²) in [5.74, 6) is 2.95. The molecule has 1 N–H and O–H groups in total. The van der Waals surface area contributed by atoms with E-state index < -0.39 is 0 Å². The van der Waals surface area contributed by atoms with E-state index in [1.165, 1.54) is 37.7 Å². The second-order valence-electron chi connectivity index (χ2n) is 10.5. The summed E-state index contributed by atoms with van der Waals surface area (Å²) < 4.78 is 5.86. The lowest BCUT2D eigenvalue weighted by atomic mass is 9.67. The largest absolute Gasteiger partial charge is 0.361 e. The molecule has 0 atom stereocenters. The first-order valence-corrected chi connectivity index (χ1v) is 11.6. The second-order valence-corrected chi connectivity index (χ2v) is 10.9. The minimum Gasteiger partial charge on any atom is -0.361 e. The lowest BCUT2D eigenvalue weighted by Crippen LogP contribution is -2.26. The summed E-state index contributed by atoms with van der Waals surface area (Å²) in [6.45, 7) is 8.93. The van der Waals surface area contributed by atoms with Gasteiger partial charge in [0.1, 0.15) is 5.76 Å². The first kappa shape index (κ1) is 21.4. The molecule has 2 saturated carbocycles. The Kier molecular flexibility index (Phi) is 5.98. The van der Waals surface area contributed by atoms with Crippen molar-refractivity contribution in [1.82, 2.24) is 5.16 Å². The molecule has 1 amide bonds. The van der Waals surface area contributed by atoms with E-state index in [4.69, 9.17) is 16.1 Å². The van der Waals surface area contributed by atoms with Crippen LogP contribution in [0.25, 0.3) is 0 Å². The van der Waals surface area contributed by atoms with Gasteiger partial charge in [-0.05, 0) is 74.0 Å². The van der Waals surface area contributed by atoms with Crippen molar-refractivity contribution in [2.45, 2.75) is 84.5 Å². The molecule has 4 rings (SSSR count). The Morgan fingerprint density at radius 2 is 1.97 bits per heavy atom. The van der Waals surface area contributed by atoms with Crippen molar-refractivity contribution < 1.29 is 9.32 Å². The molecule has 0 aliphatic heterocycles. The highest BCUT2D eigenvalue weighted by molar-refractivity contribution is 6.33. The third-order valence-electron chi connectivity index (χ3n) is 6.31. The SMILES string of the molecule is Cc1ccc(NC(=O)CCc2noc(C3CC(CC(C)(C)C)C3)c2C2CC2)c(Cl)c1. The number of rotatable bonds is 7. The number of nitrogens with zero attached hydrogens (tertiary/aromatic N) is 1. The summed E-state index contributed by atoms with van der Waals surface area (Å²) in [4.78, 5) is 12.5. The van der Waals surface area contributed by atoms with Crippen LogP contribution < -0.4 is 5.32 Å². The Labute approximate surface area is 184 Å². The zero-order valence-corrected chi connectivity index (χ0v) is 19.3. The fourth-order valence-electron chi connectivity index (χ4n) is 4.78. The summed E-state index contributed by atoms with van der Waals surface area (Å²) in [6, 6.07) is 5.66. The molecular weight excluding hydrogens is 396 g/mol. The summed E-state index contributed by atoms with van der Waals surface area (Å²) >= 11 is 6.24. The molecule has 0 unspecified atom stereocenters. The molecule has 1 heterocycles. The number of anilines is 1. The molecule has 5 heteroatoms. The first-order valence-electron chi connectivity index (χ1n) is 11.2. The Morgan fingerprint density at radius 3 is 2.60 bits per heavy atom. The quantitative estimate of drug-likeness (QED) is 0.515. The third kappa shape index (κ3) is 5.08. The van der Waals surface area contributed by atoms with Crippen molar-refractivity contribution in [1.29, 1.82) is 0 Å². The Bertz CT molecular complexity index is 918. The van der Waals surface area contributed by atoms with E-state index in [1.807, 2.05) is 25.1 Å². The maximum Gasteiger partial charge on any atom is 0.224 e. The van der Waals surface area contributed by atoms with Crippen LogP contribution in [0.15, 0.2) is 22.7 Å². The zero-order chi connectivity index (χ0) is 21.5. The smallest absolute Gasteiger partial charge is 0.224 e. The summed E-state index contributed by atoms with van der Waals surface area (Å²) in [6.07, 6.45) is 7.10. The monoisotopic (exact) mass is 428 g/mol. The summed E-state index contributed by atoms with van der Waals surface area (Å²) in [5, 5.41) is 7.90. The minimum absolute atomic E-state index is 0.0408. The van der Waals surface area contributed by atoms with Crippen LogP contribution >= 0.6 is 11.6 Å². The van der Waals surface area contributed by atoms with Crippen LogP contribution in [0.4, 0.5) is 5.69 Å². The van der Waals surface area contributed by atoms with Gasteiger partial charge in [-0.2, -0.15) is 0 Å². The number of hydrogen-bond donors (Lipinski definition) is 1. The Balaban J connectivity index is 1.36. The number of nitrogens with one attached hydrogen (secondary N) is 1. The van der Waals surface area contributed by atoms with E-state index >= 15 is 0 Å². The number of aryl methyl sites for hydroxylation is 2. The van der Waals surface area contributed by atoms with E-state index in [2.05, 4.69) is 31.2 Å². The lowest BCUT2D eigenvalue weighted by molar-refractivity contribution is -0.116. The first-order chi connectivity index (χ1) is 14.2. The van der Waals surface area contributed by atoms with E-state index in [0.717, 1.165) is 22.9 Å². The highest BCUT2D eigenvalue weighted by atomic mass is 35.5. The van der Waals surface area contributed by atoms with E-state index in [9.17, 15) is 4.79 Å². The molecule has 0 spiro atoms. The van der Waals surface area contributed by atoms with Gasteiger partial charge >= 0.3 is 0 Å². The van der Waals surface area contributed by atoms with Gasteiger partial charge in [0.05, 0.1) is 16.4 Å². The van der Waals surface area contributed by atoms with Crippen molar-refractivity contribution in [3.05, 3.63) is 45.8 Å². The van der Waals surface area contributed by atoms with Crippen molar-refractivity contribution >= 4 is 23.2 Å². The molecule has 30 heavy (non-hydrogen) atoms. The van der Waals surface area contributed by atoms with Crippen LogP contribution in [0.2, 0.25) is 5.02 Å². The molecule has 162 valence electrons. The number of benzene rings is 1. The van der Waals surface area contributed by atoms with Gasteiger partial charge < -0.3 is 9.84 Å². The zero-order valence-electron chi connectivity index (χ0n) is 18.6. The number of amides is 1. The molecule has 0 radical (unpaired) electrons. The average Bonchev–Trinajstić information content (AvgIpc) is 3.37. The van der Waals surface area contributed by atoms with Crippen molar-refractivity contribution in [3.8, 4) is 0 Å². The maximum absolute atomic E-state index is 12.5. The molecule has 0 saturated heterocycles. The lowest BCUT2D eigenvalue weighted by Gasteiger charge is -2.38. The van der Waals surface area contributed by atoms with Crippen molar-refractivity contribution in [2.24, 2.45) is 11.3 Å². The molecular formula is C25H33ClN2O2. The van der Waals surface area contributed by atoms with Gasteiger partial charge in [-0.25, -0.2) is 0 Å². The number of aromatic nitrogens is 1. The van der Waals surface area contributed by atoms with Crippen LogP contribution in [-0.4, -0.2) is 11.1 Å². The van der Waals surface area contributed by atoms with Crippen LogP contribution in [-0.2, 0) is 11.2 Å². The van der Waals surface area contributed by atoms with Gasteiger partial charge in [0.2, 0.25) is 5.91 Å². The fourth-order valence-corrected chi connectivity index (χ4v) is 5.06. The molecule has 1 aromatic heterocycles. The number of hydrogen-bond acceptors (Lipinski definition) is 3. The third-order valence-corrected chi connectivity index (χ3v) is 6.62. The normalized spacial score (nSPS) is 21.4. The van der Waals surface area contributed by atoms with Gasteiger partial charge in [0, 0.05) is 24.3 Å². The predicted octanol–water partition coefficient (Wildman–Crippen LogP) is 7.01. The van der Waals surface area contributed by atoms with E-state index in [0.29, 0.717) is 40.8 Å². The van der Waals surface area contributed by atoms with Crippen LogP contribution in [0.5, 0.6) is 0 Å². The topological polar surface area (TPSA) is 55.1 Å². The van der Waals surface area contributed by atoms with E-state index in [1.54, 1.807) is 0 Å². The molecule has 2 aromatic rings. The summed E-state index contributed by atoms with van der Waals surface area (Å²) in [5.41, 5.74) is 4.42. The van der Waals surface area contributed by atoms with Gasteiger partial charge in [-0.15, -0.1) is 0 Å². The Hall–Kier alpha value is -1.81. The van der Waals surface area contributed by atoms with Gasteiger partial charge in [0.15, 0.2) is 0 Å². The fraction of sp³-hybridized carbons (Fsp3) is 0.600. The average molecular weight is 429 g/mol. The number of halogens is 1. The van der Waals surface area contributed by atoms with Crippen molar-refractivity contribution in [3.63, 3.8) is 0 Å². The molecule has 2 aliphatic rings. The molecule has 1 aromatic carbocycles. The maximum atomic E-state index is 12.5. The molecule has 2 aliphatic carbocycles.